The molecule has 2 N–H and O–H groups in total. The smallest absolute Gasteiger partial charge is 0.417 e. The average Bonchev–Trinajstić information content (AvgIpc) is 2.92. The first-order valence-corrected chi connectivity index (χ1v) is 7.32. The number of H-pyrrole nitrogens is 1. The fraction of sp³-hybridized carbons (Fsp3) is 0.111. The largest absolute Gasteiger partial charge is 0.496 e. The maximum Gasteiger partial charge on any atom is 0.417 e. The highest BCUT2D eigenvalue weighted by Gasteiger charge is 2.05. The van der Waals surface area contributed by atoms with Crippen LogP contribution in [0.3, 0.4) is 0 Å². The van der Waals surface area contributed by atoms with Gasteiger partial charge in [0.15, 0.2) is 5.58 Å². The molecule has 24 heavy (non-hydrogen) atoms. The maximum atomic E-state index is 12.1. The number of methoxy groups -OCH3 is 1. The molecule has 0 aliphatic heterocycles. The quantitative estimate of drug-likeness (QED) is 0.722. The minimum Gasteiger partial charge on any atom is -0.496 e. The van der Waals surface area contributed by atoms with Crippen LogP contribution in [0.1, 0.15) is 11.1 Å². The standard InChI is InChI=1S/C18H16N2O4/c1-11-3-6-15(23-2)12(9-11)4-8-17(21)19-13-5-7-16-14(10-13)20-18(22)24-16/h3-10H,1-2H3,(H,19,21)(H,20,22)/b8-4+. The lowest BCUT2D eigenvalue weighted by Crippen LogP contribution is -2.07. The number of benzene rings is 2. The molecule has 0 unspecified atom stereocenters. The maximum absolute atomic E-state index is 12.1. The highest BCUT2D eigenvalue weighted by atomic mass is 16.5. The molecular formula is C18H16N2O4. The van der Waals surface area contributed by atoms with E-state index < -0.39 is 5.76 Å². The van der Waals surface area contributed by atoms with Gasteiger partial charge in [0.05, 0.1) is 12.6 Å². The van der Waals surface area contributed by atoms with Gasteiger partial charge in [-0.3, -0.25) is 9.78 Å². The van der Waals surface area contributed by atoms with Crippen LogP contribution in [0, 0.1) is 6.92 Å². The average molecular weight is 324 g/mol. The number of hydrogen-bond acceptors (Lipinski definition) is 4. The SMILES string of the molecule is COc1ccc(C)cc1/C=C/C(=O)Nc1ccc2oc(=O)[nH]c2c1. The van der Waals surface area contributed by atoms with Gasteiger partial charge in [0.2, 0.25) is 5.91 Å². The lowest BCUT2D eigenvalue weighted by atomic mass is 10.1. The van der Waals surface area contributed by atoms with Gasteiger partial charge in [0.25, 0.3) is 0 Å². The molecule has 0 radical (unpaired) electrons. The Bertz CT molecular complexity index is 982. The van der Waals surface area contributed by atoms with Crippen LogP contribution in [-0.2, 0) is 4.79 Å². The number of aromatic nitrogens is 1. The number of oxazole rings is 1. The Kier molecular flexibility index (Phi) is 4.20. The fourth-order valence-electron chi connectivity index (χ4n) is 2.36. The summed E-state index contributed by atoms with van der Waals surface area (Å²) in [5, 5.41) is 2.74. The van der Waals surface area contributed by atoms with Gasteiger partial charge in [0.1, 0.15) is 5.75 Å². The Balaban J connectivity index is 1.76. The second-order valence-electron chi connectivity index (χ2n) is 5.29. The lowest BCUT2D eigenvalue weighted by molar-refractivity contribution is -0.111. The summed E-state index contributed by atoms with van der Waals surface area (Å²) in [5.41, 5.74) is 3.43. The molecule has 0 saturated carbocycles. The van der Waals surface area contributed by atoms with E-state index in [-0.39, 0.29) is 5.91 Å². The van der Waals surface area contributed by atoms with Crippen molar-refractivity contribution in [3.63, 3.8) is 0 Å². The van der Waals surface area contributed by atoms with Crippen molar-refractivity contribution in [2.75, 3.05) is 12.4 Å². The van der Waals surface area contributed by atoms with Crippen LogP contribution < -0.4 is 15.8 Å². The van der Waals surface area contributed by atoms with E-state index in [4.69, 9.17) is 9.15 Å². The van der Waals surface area contributed by atoms with Crippen LogP contribution >= 0.6 is 0 Å². The molecule has 3 aromatic rings. The molecule has 1 heterocycles. The summed E-state index contributed by atoms with van der Waals surface area (Å²) in [6, 6.07) is 10.7. The number of carbonyl (C=O) groups is 1. The molecule has 0 spiro atoms. The fourth-order valence-corrected chi connectivity index (χ4v) is 2.36. The summed E-state index contributed by atoms with van der Waals surface area (Å²) in [4.78, 5) is 25.8. The first-order chi connectivity index (χ1) is 11.5. The van der Waals surface area contributed by atoms with Gasteiger partial charge in [-0.25, -0.2) is 4.79 Å². The zero-order chi connectivity index (χ0) is 17.1. The molecule has 0 aliphatic carbocycles. The number of ether oxygens (including phenoxy) is 1. The van der Waals surface area contributed by atoms with Crippen molar-refractivity contribution in [2.24, 2.45) is 0 Å². The molecule has 0 atom stereocenters. The molecule has 1 aromatic heterocycles. The minimum absolute atomic E-state index is 0.288. The van der Waals surface area contributed by atoms with Gasteiger partial charge in [-0.15, -0.1) is 0 Å². The van der Waals surface area contributed by atoms with Gasteiger partial charge >= 0.3 is 5.76 Å². The van der Waals surface area contributed by atoms with E-state index in [1.807, 2.05) is 25.1 Å². The van der Waals surface area contributed by atoms with E-state index in [0.717, 1.165) is 11.1 Å². The van der Waals surface area contributed by atoms with Crippen LogP contribution in [0.5, 0.6) is 5.75 Å². The van der Waals surface area contributed by atoms with Gasteiger partial charge in [0, 0.05) is 17.3 Å². The topological polar surface area (TPSA) is 84.3 Å². The molecule has 2 aromatic carbocycles. The van der Waals surface area contributed by atoms with E-state index in [2.05, 4.69) is 10.3 Å². The zero-order valence-corrected chi connectivity index (χ0v) is 13.3. The molecule has 6 heteroatoms. The molecular weight excluding hydrogens is 308 g/mol. The van der Waals surface area contributed by atoms with Crippen LogP contribution in [0.4, 0.5) is 5.69 Å². The van der Waals surface area contributed by atoms with E-state index >= 15 is 0 Å². The molecule has 0 aliphatic rings. The zero-order valence-electron chi connectivity index (χ0n) is 13.3. The summed E-state index contributed by atoms with van der Waals surface area (Å²) >= 11 is 0. The van der Waals surface area contributed by atoms with Gasteiger partial charge in [-0.2, -0.15) is 0 Å². The number of anilines is 1. The predicted molar refractivity (Wildman–Crippen MR) is 92.2 cm³/mol. The Labute approximate surface area is 137 Å². The predicted octanol–water partition coefficient (Wildman–Crippen LogP) is 3.09. The van der Waals surface area contributed by atoms with E-state index in [9.17, 15) is 9.59 Å². The lowest BCUT2D eigenvalue weighted by Gasteiger charge is -2.06. The van der Waals surface area contributed by atoms with Gasteiger partial charge in [-0.1, -0.05) is 11.6 Å². The number of carbonyl (C=O) groups excluding carboxylic acids is 1. The first kappa shape index (κ1) is 15.6. The number of aromatic amines is 1. The van der Waals surface area contributed by atoms with E-state index in [1.54, 1.807) is 31.4 Å². The van der Waals surface area contributed by atoms with Crippen LogP contribution in [0.2, 0.25) is 0 Å². The summed E-state index contributed by atoms with van der Waals surface area (Å²) in [5.74, 6) is -0.120. The summed E-state index contributed by atoms with van der Waals surface area (Å²) in [7, 11) is 1.59. The Morgan fingerprint density at radius 1 is 1.25 bits per heavy atom. The van der Waals surface area contributed by atoms with Crippen molar-refractivity contribution in [1.82, 2.24) is 4.98 Å². The van der Waals surface area contributed by atoms with Crippen molar-refractivity contribution < 1.29 is 13.9 Å². The monoisotopic (exact) mass is 324 g/mol. The van der Waals surface area contributed by atoms with Crippen LogP contribution in [-0.4, -0.2) is 18.0 Å². The third kappa shape index (κ3) is 3.38. The van der Waals surface area contributed by atoms with Gasteiger partial charge in [-0.05, 0) is 43.3 Å². The molecule has 3 rings (SSSR count). The number of hydrogen-bond donors (Lipinski definition) is 2. The normalized spacial score (nSPS) is 11.1. The second-order valence-corrected chi connectivity index (χ2v) is 5.29. The molecule has 6 nitrogen and oxygen atoms in total. The summed E-state index contributed by atoms with van der Waals surface area (Å²) < 4.78 is 10.2. The molecule has 122 valence electrons. The van der Waals surface area contributed by atoms with Crippen molar-refractivity contribution in [2.45, 2.75) is 6.92 Å². The Morgan fingerprint density at radius 3 is 2.88 bits per heavy atom. The summed E-state index contributed by atoms with van der Waals surface area (Å²) in [6.45, 7) is 1.97. The highest BCUT2D eigenvalue weighted by Crippen LogP contribution is 2.21. The third-order valence-electron chi connectivity index (χ3n) is 3.49. The number of aryl methyl sites for hydroxylation is 1. The van der Waals surface area contributed by atoms with E-state index in [1.165, 1.54) is 6.08 Å². The van der Waals surface area contributed by atoms with Crippen molar-refractivity contribution in [3.05, 3.63) is 64.2 Å². The Hall–Kier alpha value is -3.28. The number of fused-ring (bicyclic) bond motifs is 1. The van der Waals surface area contributed by atoms with Crippen LogP contribution in [0.15, 0.2) is 51.7 Å². The minimum atomic E-state index is -0.528. The Morgan fingerprint density at radius 2 is 2.08 bits per heavy atom. The first-order valence-electron chi connectivity index (χ1n) is 7.32. The van der Waals surface area contributed by atoms with Crippen molar-refractivity contribution in [1.29, 1.82) is 0 Å². The van der Waals surface area contributed by atoms with Crippen molar-refractivity contribution in [3.8, 4) is 5.75 Å². The number of amides is 1. The third-order valence-corrected chi connectivity index (χ3v) is 3.49. The van der Waals surface area contributed by atoms with E-state index in [0.29, 0.717) is 22.5 Å². The second kappa shape index (κ2) is 6.45. The van der Waals surface area contributed by atoms with Crippen LogP contribution in [0.25, 0.3) is 17.2 Å². The molecule has 0 saturated heterocycles. The number of nitrogens with one attached hydrogen (secondary N) is 2. The number of rotatable bonds is 4. The van der Waals surface area contributed by atoms with Crippen molar-refractivity contribution >= 4 is 28.8 Å². The summed E-state index contributed by atoms with van der Waals surface area (Å²) in [6.07, 6.45) is 3.12. The highest BCUT2D eigenvalue weighted by molar-refractivity contribution is 6.02. The molecule has 1 amide bonds. The van der Waals surface area contributed by atoms with Gasteiger partial charge < -0.3 is 14.5 Å². The molecule has 0 bridgehead atoms. The molecule has 0 fully saturated rings.